The van der Waals surface area contributed by atoms with E-state index in [-0.39, 0.29) is 17.2 Å². The SMILES string of the molecule is CCOCCCNC(=O)c1ccccc1NC(C#N)=C(C#N)C#N. The van der Waals surface area contributed by atoms with Crippen molar-refractivity contribution in [2.24, 2.45) is 0 Å². The number of amides is 1. The number of nitrogens with zero attached hydrogens (tertiary/aromatic N) is 3. The molecule has 0 heterocycles. The predicted octanol–water partition coefficient (Wildman–Crippen LogP) is 2.08. The van der Waals surface area contributed by atoms with Crippen LogP contribution in [0.25, 0.3) is 0 Å². The number of anilines is 1. The number of hydrogen-bond acceptors (Lipinski definition) is 6. The molecule has 0 atom stereocenters. The summed E-state index contributed by atoms with van der Waals surface area (Å²) in [5, 5.41) is 32.2. The molecular formula is C17H17N5O2. The summed E-state index contributed by atoms with van der Waals surface area (Å²) in [5.41, 5.74) is 0.122. The van der Waals surface area contributed by atoms with Gasteiger partial charge in [0, 0.05) is 19.8 Å². The average Bonchev–Trinajstić information content (AvgIpc) is 2.61. The molecule has 0 aliphatic carbocycles. The second-order valence-corrected chi connectivity index (χ2v) is 4.56. The molecule has 0 aliphatic rings. The highest BCUT2D eigenvalue weighted by molar-refractivity contribution is 6.00. The van der Waals surface area contributed by atoms with Crippen LogP contribution < -0.4 is 10.6 Å². The summed E-state index contributed by atoms with van der Waals surface area (Å²) in [6.45, 7) is 3.54. The zero-order chi connectivity index (χ0) is 17.8. The van der Waals surface area contributed by atoms with Crippen molar-refractivity contribution in [2.75, 3.05) is 25.1 Å². The van der Waals surface area contributed by atoms with Crippen LogP contribution in [0.15, 0.2) is 35.5 Å². The number of carbonyl (C=O) groups is 1. The Hall–Kier alpha value is -3.34. The highest BCUT2D eigenvalue weighted by atomic mass is 16.5. The minimum atomic E-state index is -0.343. The monoisotopic (exact) mass is 323 g/mol. The van der Waals surface area contributed by atoms with Gasteiger partial charge in [-0.1, -0.05) is 12.1 Å². The highest BCUT2D eigenvalue weighted by Gasteiger charge is 2.13. The summed E-state index contributed by atoms with van der Waals surface area (Å²) >= 11 is 0. The van der Waals surface area contributed by atoms with Gasteiger partial charge in [-0.05, 0) is 25.5 Å². The lowest BCUT2D eigenvalue weighted by atomic mass is 10.1. The van der Waals surface area contributed by atoms with E-state index in [4.69, 9.17) is 20.5 Å². The van der Waals surface area contributed by atoms with Gasteiger partial charge in [0.2, 0.25) is 0 Å². The molecule has 122 valence electrons. The van der Waals surface area contributed by atoms with Crippen LogP contribution >= 0.6 is 0 Å². The van der Waals surface area contributed by atoms with Crippen LogP contribution in [0.5, 0.6) is 0 Å². The Kier molecular flexibility index (Phi) is 8.10. The summed E-state index contributed by atoms with van der Waals surface area (Å²) in [6.07, 6.45) is 0.686. The topological polar surface area (TPSA) is 122 Å². The molecule has 0 aliphatic heterocycles. The second kappa shape index (κ2) is 10.4. The lowest BCUT2D eigenvalue weighted by molar-refractivity contribution is 0.0945. The van der Waals surface area contributed by atoms with Crippen LogP contribution in [-0.2, 0) is 4.74 Å². The Morgan fingerprint density at radius 3 is 2.50 bits per heavy atom. The summed E-state index contributed by atoms with van der Waals surface area (Å²) in [6, 6.07) is 11.6. The number of nitrogens with one attached hydrogen (secondary N) is 2. The fourth-order valence-electron chi connectivity index (χ4n) is 1.82. The summed E-state index contributed by atoms with van der Waals surface area (Å²) in [7, 11) is 0. The van der Waals surface area contributed by atoms with Gasteiger partial charge in [0.1, 0.15) is 23.9 Å². The van der Waals surface area contributed by atoms with E-state index in [1.807, 2.05) is 6.92 Å². The third kappa shape index (κ3) is 5.46. The van der Waals surface area contributed by atoms with Crippen LogP contribution in [-0.4, -0.2) is 25.7 Å². The number of allylic oxidation sites excluding steroid dienone is 2. The molecule has 0 saturated carbocycles. The molecule has 0 spiro atoms. The molecule has 1 aromatic carbocycles. The lowest BCUT2D eigenvalue weighted by Crippen LogP contribution is -2.26. The van der Waals surface area contributed by atoms with Gasteiger partial charge < -0.3 is 15.4 Å². The van der Waals surface area contributed by atoms with E-state index in [2.05, 4.69) is 10.6 Å². The summed E-state index contributed by atoms with van der Waals surface area (Å²) in [5.74, 6) is -0.317. The van der Waals surface area contributed by atoms with E-state index < -0.39 is 0 Å². The number of rotatable bonds is 8. The van der Waals surface area contributed by atoms with E-state index >= 15 is 0 Å². The molecular weight excluding hydrogens is 306 g/mol. The molecule has 1 rings (SSSR count). The first-order valence-electron chi connectivity index (χ1n) is 7.34. The maximum atomic E-state index is 12.3. The van der Waals surface area contributed by atoms with Crippen molar-refractivity contribution in [1.82, 2.24) is 5.32 Å². The van der Waals surface area contributed by atoms with Crippen LogP contribution in [0.3, 0.4) is 0 Å². The summed E-state index contributed by atoms with van der Waals surface area (Å²) in [4.78, 5) is 12.3. The van der Waals surface area contributed by atoms with E-state index in [0.29, 0.717) is 37.4 Å². The molecule has 0 aromatic heterocycles. The number of hydrogen-bond donors (Lipinski definition) is 2. The molecule has 24 heavy (non-hydrogen) atoms. The van der Waals surface area contributed by atoms with E-state index in [0.717, 1.165) is 0 Å². The maximum absolute atomic E-state index is 12.3. The van der Waals surface area contributed by atoms with Gasteiger partial charge in [-0.25, -0.2) is 0 Å². The largest absolute Gasteiger partial charge is 0.382 e. The third-order valence-corrected chi connectivity index (χ3v) is 2.97. The molecule has 7 heteroatoms. The van der Waals surface area contributed by atoms with Gasteiger partial charge >= 0.3 is 0 Å². The molecule has 0 fully saturated rings. The first-order chi connectivity index (χ1) is 11.7. The second-order valence-electron chi connectivity index (χ2n) is 4.56. The number of para-hydroxylation sites is 1. The highest BCUT2D eigenvalue weighted by Crippen LogP contribution is 2.18. The van der Waals surface area contributed by atoms with Crippen molar-refractivity contribution >= 4 is 11.6 Å². The maximum Gasteiger partial charge on any atom is 0.253 e. The molecule has 7 nitrogen and oxygen atoms in total. The molecule has 2 N–H and O–H groups in total. The molecule has 0 radical (unpaired) electrons. The zero-order valence-electron chi connectivity index (χ0n) is 13.3. The third-order valence-electron chi connectivity index (χ3n) is 2.97. The number of nitriles is 3. The molecule has 0 unspecified atom stereocenters. The first-order valence-corrected chi connectivity index (χ1v) is 7.34. The number of benzene rings is 1. The van der Waals surface area contributed by atoms with Gasteiger partial charge in [-0.15, -0.1) is 0 Å². The quantitative estimate of drug-likeness (QED) is 0.558. The molecule has 1 amide bonds. The first kappa shape index (κ1) is 18.7. The Labute approximate surface area is 140 Å². The van der Waals surface area contributed by atoms with E-state index in [1.165, 1.54) is 0 Å². The van der Waals surface area contributed by atoms with Crippen LogP contribution in [0, 0.1) is 34.0 Å². The Morgan fingerprint density at radius 1 is 1.17 bits per heavy atom. The smallest absolute Gasteiger partial charge is 0.253 e. The zero-order valence-corrected chi connectivity index (χ0v) is 13.3. The van der Waals surface area contributed by atoms with Crippen molar-refractivity contribution in [2.45, 2.75) is 13.3 Å². The standard InChI is InChI=1S/C17H17N5O2/c1-2-24-9-5-8-21-17(23)14-6-3-4-7-15(14)22-16(12-20)13(10-18)11-19/h3-4,6-7,22H,2,5,8-9H2,1H3,(H,21,23). The molecule has 1 aromatic rings. The summed E-state index contributed by atoms with van der Waals surface area (Å²) < 4.78 is 5.20. The van der Waals surface area contributed by atoms with Gasteiger partial charge in [0.15, 0.2) is 5.57 Å². The van der Waals surface area contributed by atoms with Crippen molar-refractivity contribution < 1.29 is 9.53 Å². The minimum Gasteiger partial charge on any atom is -0.382 e. The normalized spacial score (nSPS) is 9.08. The van der Waals surface area contributed by atoms with E-state index in [1.54, 1.807) is 42.5 Å². The minimum absolute atomic E-state index is 0.198. The fourth-order valence-corrected chi connectivity index (χ4v) is 1.82. The predicted molar refractivity (Wildman–Crippen MR) is 87.4 cm³/mol. The Bertz CT molecular complexity index is 719. The number of carbonyl (C=O) groups excluding carboxylic acids is 1. The fraction of sp³-hybridized carbons (Fsp3) is 0.294. The van der Waals surface area contributed by atoms with E-state index in [9.17, 15) is 4.79 Å². The Morgan fingerprint density at radius 2 is 1.88 bits per heavy atom. The van der Waals surface area contributed by atoms with Gasteiger partial charge in [-0.2, -0.15) is 15.8 Å². The lowest BCUT2D eigenvalue weighted by Gasteiger charge is -2.11. The van der Waals surface area contributed by atoms with Crippen LogP contribution in [0.2, 0.25) is 0 Å². The van der Waals surface area contributed by atoms with Crippen molar-refractivity contribution in [3.63, 3.8) is 0 Å². The van der Waals surface area contributed by atoms with Crippen molar-refractivity contribution in [1.29, 1.82) is 15.8 Å². The van der Waals surface area contributed by atoms with Crippen LogP contribution in [0.1, 0.15) is 23.7 Å². The van der Waals surface area contributed by atoms with Crippen molar-refractivity contribution in [3.8, 4) is 18.2 Å². The van der Waals surface area contributed by atoms with Gasteiger partial charge in [-0.3, -0.25) is 4.79 Å². The molecule has 0 bridgehead atoms. The number of ether oxygens (including phenoxy) is 1. The average molecular weight is 323 g/mol. The molecule has 0 saturated heterocycles. The van der Waals surface area contributed by atoms with Gasteiger partial charge in [0.25, 0.3) is 5.91 Å². The van der Waals surface area contributed by atoms with Gasteiger partial charge in [0.05, 0.1) is 11.3 Å². The van der Waals surface area contributed by atoms with Crippen molar-refractivity contribution in [3.05, 3.63) is 41.1 Å². The Balaban J connectivity index is 2.88. The van der Waals surface area contributed by atoms with Crippen LogP contribution in [0.4, 0.5) is 5.69 Å².